The fraction of sp³-hybridized carbons (Fsp3) is 0.750. The van der Waals surface area contributed by atoms with E-state index >= 15 is 0 Å². The van der Waals surface area contributed by atoms with E-state index in [0.29, 0.717) is 63.2 Å². The van der Waals surface area contributed by atoms with Crippen LogP contribution in [0.3, 0.4) is 0 Å². The summed E-state index contributed by atoms with van der Waals surface area (Å²) in [6, 6.07) is 5.61. The highest BCUT2D eigenvalue weighted by Gasteiger charge is 2.26. The second-order valence-electron chi connectivity index (χ2n) is 10.1. The van der Waals surface area contributed by atoms with Gasteiger partial charge in [-0.25, -0.2) is 0 Å². The first kappa shape index (κ1) is 35.4. The monoisotopic (exact) mass is 545 g/mol. The van der Waals surface area contributed by atoms with E-state index < -0.39 is 12.1 Å². The number of halogens is 1. The maximum Gasteiger partial charge on any atom is 0.222 e. The first-order valence-electron chi connectivity index (χ1n) is 13.5. The van der Waals surface area contributed by atoms with Gasteiger partial charge >= 0.3 is 0 Å². The Balaban J connectivity index is 0.0000130. The summed E-state index contributed by atoms with van der Waals surface area (Å²) < 4.78 is 16.9. The van der Waals surface area contributed by atoms with Crippen LogP contribution in [0.5, 0.6) is 11.5 Å². The summed E-state index contributed by atoms with van der Waals surface area (Å²) in [5, 5.41) is 13.7. The van der Waals surface area contributed by atoms with Gasteiger partial charge in [-0.2, -0.15) is 0 Å². The summed E-state index contributed by atoms with van der Waals surface area (Å²) in [5.74, 6) is 1.72. The maximum atomic E-state index is 12.3. The number of hydrogen-bond donors (Lipinski definition) is 4. The molecule has 0 heterocycles. The number of rotatable bonds is 20. The molecule has 0 saturated heterocycles. The van der Waals surface area contributed by atoms with Crippen LogP contribution >= 0.6 is 12.4 Å². The van der Waals surface area contributed by atoms with Crippen LogP contribution in [-0.4, -0.2) is 63.2 Å². The van der Waals surface area contributed by atoms with Gasteiger partial charge in [0.2, 0.25) is 5.91 Å². The molecule has 0 aliphatic carbocycles. The summed E-state index contributed by atoms with van der Waals surface area (Å²) in [5.41, 5.74) is 13.2. The predicted molar refractivity (Wildman–Crippen MR) is 153 cm³/mol. The van der Waals surface area contributed by atoms with Crippen LogP contribution in [-0.2, 0) is 16.0 Å². The summed E-state index contributed by atoms with van der Waals surface area (Å²) in [6.07, 6.45) is 3.87. The van der Waals surface area contributed by atoms with Gasteiger partial charge in [0.1, 0.15) is 6.61 Å². The van der Waals surface area contributed by atoms with Crippen LogP contribution in [0.2, 0.25) is 0 Å². The van der Waals surface area contributed by atoms with Crippen LogP contribution in [0.15, 0.2) is 18.2 Å². The third-order valence-electron chi connectivity index (χ3n) is 6.52. The molecule has 0 aliphatic rings. The van der Waals surface area contributed by atoms with E-state index in [1.807, 2.05) is 25.1 Å². The van der Waals surface area contributed by atoms with Crippen molar-refractivity contribution >= 4 is 18.3 Å². The average Bonchev–Trinajstić information content (AvgIpc) is 2.85. The molecule has 6 N–H and O–H groups in total. The molecule has 1 rings (SSSR count). The van der Waals surface area contributed by atoms with Crippen molar-refractivity contribution in [2.24, 2.45) is 29.2 Å². The number of hydrogen-bond acceptors (Lipinski definition) is 7. The van der Waals surface area contributed by atoms with Crippen molar-refractivity contribution in [3.05, 3.63) is 23.8 Å². The Bertz CT molecular complexity index is 738. The normalized spacial score (nSPS) is 14.4. The van der Waals surface area contributed by atoms with Gasteiger partial charge in [-0.1, -0.05) is 40.2 Å². The Labute approximate surface area is 230 Å². The summed E-state index contributed by atoms with van der Waals surface area (Å²) in [4.78, 5) is 12.3. The van der Waals surface area contributed by atoms with Crippen LogP contribution in [0.4, 0.5) is 0 Å². The molecule has 0 aromatic heterocycles. The van der Waals surface area contributed by atoms with Crippen molar-refractivity contribution in [1.82, 2.24) is 5.32 Å². The van der Waals surface area contributed by atoms with E-state index in [9.17, 15) is 9.90 Å². The average molecular weight is 546 g/mol. The van der Waals surface area contributed by atoms with Crippen molar-refractivity contribution in [2.45, 2.75) is 78.4 Å². The molecule has 0 radical (unpaired) electrons. The molecule has 0 saturated carbocycles. The molecular formula is C28H52ClN3O5. The fourth-order valence-electron chi connectivity index (χ4n) is 4.07. The number of carbonyl (C=O) groups is 1. The number of methoxy groups -OCH3 is 1. The van der Waals surface area contributed by atoms with Gasteiger partial charge in [-0.05, 0) is 55.2 Å². The van der Waals surface area contributed by atoms with Gasteiger partial charge < -0.3 is 36.1 Å². The number of amides is 1. The lowest BCUT2D eigenvalue weighted by molar-refractivity contribution is -0.125. The van der Waals surface area contributed by atoms with Crippen LogP contribution in [0.1, 0.15) is 65.4 Å². The van der Waals surface area contributed by atoms with Crippen molar-refractivity contribution in [2.75, 3.05) is 40.0 Å². The van der Waals surface area contributed by atoms with Gasteiger partial charge in [0.05, 0.1) is 12.7 Å². The number of aliphatic hydroxyl groups is 1. The molecule has 216 valence electrons. The van der Waals surface area contributed by atoms with E-state index in [1.165, 1.54) is 0 Å². The van der Waals surface area contributed by atoms with Crippen molar-refractivity contribution in [3.8, 4) is 11.5 Å². The first-order chi connectivity index (χ1) is 17.2. The van der Waals surface area contributed by atoms with Gasteiger partial charge in [-0.15, -0.1) is 12.4 Å². The summed E-state index contributed by atoms with van der Waals surface area (Å²) in [6.45, 7) is 11.0. The van der Waals surface area contributed by atoms with Crippen LogP contribution < -0.4 is 26.3 Å². The van der Waals surface area contributed by atoms with Crippen molar-refractivity contribution in [1.29, 1.82) is 0 Å². The first-order valence-corrected chi connectivity index (χ1v) is 13.5. The minimum atomic E-state index is -0.732. The number of carbonyl (C=O) groups excluding carboxylic acids is 1. The molecule has 0 aliphatic heterocycles. The second kappa shape index (κ2) is 20.4. The molecule has 0 spiro atoms. The lowest BCUT2D eigenvalue weighted by Gasteiger charge is -2.28. The molecule has 1 aromatic rings. The van der Waals surface area contributed by atoms with E-state index in [1.54, 1.807) is 7.11 Å². The molecule has 4 atom stereocenters. The molecule has 0 unspecified atom stereocenters. The number of aliphatic hydroxyl groups excluding tert-OH is 1. The lowest BCUT2D eigenvalue weighted by atomic mass is 9.82. The number of nitrogens with two attached hydrogens (primary N) is 2. The Kier molecular flexibility index (Phi) is 19.5. The quantitative estimate of drug-likeness (QED) is 0.184. The highest BCUT2D eigenvalue weighted by Crippen LogP contribution is 2.31. The van der Waals surface area contributed by atoms with E-state index in [-0.39, 0.29) is 30.2 Å². The zero-order valence-corrected chi connectivity index (χ0v) is 24.4. The summed E-state index contributed by atoms with van der Waals surface area (Å²) >= 11 is 0. The van der Waals surface area contributed by atoms with E-state index in [2.05, 4.69) is 26.1 Å². The third-order valence-corrected chi connectivity index (χ3v) is 6.52. The van der Waals surface area contributed by atoms with Gasteiger partial charge in [0, 0.05) is 45.2 Å². The molecule has 37 heavy (non-hydrogen) atoms. The number of unbranched alkanes of at least 4 members (excludes halogenated alkanes) is 1. The highest BCUT2D eigenvalue weighted by molar-refractivity contribution is 5.85. The van der Waals surface area contributed by atoms with Crippen molar-refractivity contribution < 1.29 is 24.1 Å². The third kappa shape index (κ3) is 14.2. The molecule has 9 heteroatoms. The van der Waals surface area contributed by atoms with Gasteiger partial charge in [-0.3, -0.25) is 4.79 Å². The zero-order chi connectivity index (χ0) is 26.9. The molecule has 1 aromatic carbocycles. The predicted octanol–water partition coefficient (Wildman–Crippen LogP) is 3.70. The molecule has 1 amide bonds. The molecule has 0 fully saturated rings. The van der Waals surface area contributed by atoms with Crippen LogP contribution in [0.25, 0.3) is 0 Å². The number of benzene rings is 1. The Hall–Kier alpha value is -1.58. The van der Waals surface area contributed by atoms with E-state index in [4.69, 9.17) is 25.7 Å². The van der Waals surface area contributed by atoms with Gasteiger partial charge in [0.25, 0.3) is 0 Å². The maximum absolute atomic E-state index is 12.3. The van der Waals surface area contributed by atoms with Crippen LogP contribution in [0, 0.1) is 17.8 Å². The molecular weight excluding hydrogens is 494 g/mol. The minimum Gasteiger partial charge on any atom is -0.490 e. The minimum absolute atomic E-state index is 0. The largest absolute Gasteiger partial charge is 0.490 e. The van der Waals surface area contributed by atoms with Gasteiger partial charge in [0.15, 0.2) is 11.5 Å². The summed E-state index contributed by atoms with van der Waals surface area (Å²) in [7, 11) is 1.67. The smallest absolute Gasteiger partial charge is 0.222 e. The number of nitrogens with one attached hydrogen (secondary N) is 1. The Morgan fingerprint density at radius 1 is 1.05 bits per heavy atom. The zero-order valence-electron chi connectivity index (χ0n) is 23.5. The topological polar surface area (TPSA) is 129 Å². The van der Waals surface area contributed by atoms with Crippen molar-refractivity contribution in [3.63, 3.8) is 0 Å². The SMILES string of the molecule is CCCCNC(=O)[C@H](C)C[C@H](O)[C@@H](N)C[C@H](Cc1ccc(OCCN)c(OCCCOC)c1)C(C)C.Cl. The number of ether oxygens (including phenoxy) is 3. The van der Waals surface area contributed by atoms with E-state index in [0.717, 1.165) is 31.2 Å². The fourth-order valence-corrected chi connectivity index (χ4v) is 4.07. The second-order valence-corrected chi connectivity index (χ2v) is 10.1. The standard InChI is InChI=1S/C28H51N3O5.ClH/c1-6-7-12-31-28(33)21(4)16-25(32)24(30)19-23(20(2)3)17-22-9-10-26(36-15-11-29)27(18-22)35-14-8-13-34-5;/h9-10,18,20-21,23-25,32H,6-8,11-17,19,29-30H2,1-5H3,(H,31,33);1H/t21-,23+,24+,25+;/m1./s1. The lowest BCUT2D eigenvalue weighted by Crippen LogP contribution is -2.41. The molecule has 0 bridgehead atoms. The highest BCUT2D eigenvalue weighted by atomic mass is 35.5. The Morgan fingerprint density at radius 3 is 2.38 bits per heavy atom. The molecule has 8 nitrogen and oxygen atoms in total. The Morgan fingerprint density at radius 2 is 1.76 bits per heavy atom.